The minimum Gasteiger partial charge on any atom is -0.479 e. The van der Waals surface area contributed by atoms with Crippen molar-refractivity contribution in [3.63, 3.8) is 0 Å². The van der Waals surface area contributed by atoms with Gasteiger partial charge in [0.15, 0.2) is 17.6 Å². The Labute approximate surface area is 124 Å². The summed E-state index contributed by atoms with van der Waals surface area (Å²) in [6.07, 6.45) is -0.932. The molecular weight excluding hydrogens is 274 g/mol. The fourth-order valence-corrected chi connectivity index (χ4v) is 1.81. The van der Waals surface area contributed by atoms with Crippen molar-refractivity contribution >= 4 is 5.97 Å². The summed E-state index contributed by atoms with van der Waals surface area (Å²) in [5.74, 6) is 0.700. The number of carboxylic acid groups (broad SMARTS) is 1. The number of hydrogen-bond acceptors (Lipinski definition) is 5. The van der Waals surface area contributed by atoms with E-state index in [1.165, 1.54) is 6.92 Å². The summed E-state index contributed by atoms with van der Waals surface area (Å²) in [5.41, 5.74) is 0.772. The molecule has 1 atom stereocenters. The van der Waals surface area contributed by atoms with E-state index in [4.69, 9.17) is 19.3 Å². The molecule has 0 fully saturated rings. The molecule has 0 aromatic heterocycles. The summed E-state index contributed by atoms with van der Waals surface area (Å²) < 4.78 is 16.2. The lowest BCUT2D eigenvalue weighted by molar-refractivity contribution is -0.144. The number of carbonyl (C=O) groups is 1. The molecule has 1 aliphatic heterocycles. The highest BCUT2D eigenvalue weighted by molar-refractivity contribution is 5.72. The van der Waals surface area contributed by atoms with Gasteiger partial charge in [0.1, 0.15) is 5.75 Å². The quantitative estimate of drug-likeness (QED) is 0.867. The fourth-order valence-electron chi connectivity index (χ4n) is 1.81. The standard InChI is InChI=1S/C15H21NO5/c1-9(14(17)18)21-11-6-13-12(19-8-20-13)5-10(11)7-16-15(2,3)4/h5-6,9,16H,7-8H2,1-4H3,(H,17,18). The third-order valence-corrected chi connectivity index (χ3v) is 3.02. The molecule has 0 aliphatic carbocycles. The summed E-state index contributed by atoms with van der Waals surface area (Å²) >= 11 is 0. The predicted octanol–water partition coefficient (Wildman–Crippen LogP) is 2.16. The van der Waals surface area contributed by atoms with Crippen LogP contribution in [-0.4, -0.2) is 29.5 Å². The van der Waals surface area contributed by atoms with Crippen LogP contribution in [0.15, 0.2) is 12.1 Å². The van der Waals surface area contributed by atoms with Crippen LogP contribution in [0, 0.1) is 0 Å². The number of benzene rings is 1. The van der Waals surface area contributed by atoms with Crippen LogP contribution in [0.25, 0.3) is 0 Å². The van der Waals surface area contributed by atoms with Gasteiger partial charge in [0.05, 0.1) is 0 Å². The zero-order valence-electron chi connectivity index (χ0n) is 12.7. The lowest BCUT2D eigenvalue weighted by atomic mass is 10.1. The monoisotopic (exact) mass is 295 g/mol. The molecular formula is C15H21NO5. The molecule has 0 amide bonds. The van der Waals surface area contributed by atoms with E-state index in [1.807, 2.05) is 6.07 Å². The van der Waals surface area contributed by atoms with Crippen molar-refractivity contribution in [2.75, 3.05) is 6.79 Å². The minimum absolute atomic E-state index is 0.0634. The van der Waals surface area contributed by atoms with Crippen LogP contribution < -0.4 is 19.5 Å². The SMILES string of the molecule is CC(Oc1cc2c(cc1CNC(C)(C)C)OCO2)C(=O)O. The number of aliphatic carboxylic acids is 1. The van der Waals surface area contributed by atoms with Gasteiger partial charge in [0, 0.05) is 23.7 Å². The number of carboxylic acids is 1. The Hall–Kier alpha value is -1.95. The lowest BCUT2D eigenvalue weighted by Crippen LogP contribution is -2.35. The van der Waals surface area contributed by atoms with Crippen LogP contribution in [0.3, 0.4) is 0 Å². The number of nitrogens with one attached hydrogen (secondary N) is 1. The highest BCUT2D eigenvalue weighted by Gasteiger charge is 2.22. The number of rotatable bonds is 5. The van der Waals surface area contributed by atoms with Crippen LogP contribution >= 0.6 is 0 Å². The molecule has 0 saturated carbocycles. The zero-order chi connectivity index (χ0) is 15.6. The molecule has 6 heteroatoms. The molecule has 0 saturated heterocycles. The first-order valence-corrected chi connectivity index (χ1v) is 6.83. The molecule has 2 N–H and O–H groups in total. The predicted molar refractivity (Wildman–Crippen MR) is 76.9 cm³/mol. The molecule has 21 heavy (non-hydrogen) atoms. The summed E-state index contributed by atoms with van der Waals surface area (Å²) in [6.45, 7) is 8.37. The van der Waals surface area contributed by atoms with Crippen LogP contribution in [0.4, 0.5) is 0 Å². The minimum atomic E-state index is -1.01. The first-order chi connectivity index (χ1) is 9.76. The average Bonchev–Trinajstić information content (AvgIpc) is 2.81. The van der Waals surface area contributed by atoms with Gasteiger partial charge in [-0.05, 0) is 33.8 Å². The first kappa shape index (κ1) is 15.4. The van der Waals surface area contributed by atoms with Crippen molar-refractivity contribution < 1.29 is 24.1 Å². The van der Waals surface area contributed by atoms with E-state index in [0.29, 0.717) is 23.8 Å². The van der Waals surface area contributed by atoms with E-state index in [-0.39, 0.29) is 12.3 Å². The van der Waals surface area contributed by atoms with Gasteiger partial charge in [0.2, 0.25) is 6.79 Å². The Morgan fingerprint density at radius 3 is 2.57 bits per heavy atom. The Bertz CT molecular complexity index is 536. The van der Waals surface area contributed by atoms with E-state index in [1.54, 1.807) is 6.07 Å². The maximum atomic E-state index is 11.0. The van der Waals surface area contributed by atoms with Crippen molar-refractivity contribution in [3.8, 4) is 17.2 Å². The molecule has 1 aromatic carbocycles. The second kappa shape index (κ2) is 5.81. The van der Waals surface area contributed by atoms with E-state index in [0.717, 1.165) is 5.56 Å². The van der Waals surface area contributed by atoms with Gasteiger partial charge in [-0.3, -0.25) is 0 Å². The van der Waals surface area contributed by atoms with Gasteiger partial charge < -0.3 is 24.6 Å². The molecule has 0 radical (unpaired) electrons. The topological polar surface area (TPSA) is 77.0 Å². The number of fused-ring (bicyclic) bond motifs is 1. The van der Waals surface area contributed by atoms with Gasteiger partial charge in [0.25, 0.3) is 0 Å². The largest absolute Gasteiger partial charge is 0.479 e. The lowest BCUT2D eigenvalue weighted by Gasteiger charge is -2.22. The molecule has 1 heterocycles. The smallest absolute Gasteiger partial charge is 0.344 e. The second-order valence-corrected chi connectivity index (χ2v) is 6.02. The molecule has 116 valence electrons. The van der Waals surface area contributed by atoms with Crippen molar-refractivity contribution in [1.82, 2.24) is 5.32 Å². The van der Waals surface area contributed by atoms with E-state index in [2.05, 4.69) is 26.1 Å². The summed E-state index contributed by atoms with van der Waals surface area (Å²) in [4.78, 5) is 11.0. The Kier molecular flexibility index (Phi) is 4.27. The van der Waals surface area contributed by atoms with Crippen molar-refractivity contribution in [2.45, 2.75) is 45.9 Å². The first-order valence-electron chi connectivity index (χ1n) is 6.83. The molecule has 1 aliphatic rings. The molecule has 1 unspecified atom stereocenters. The summed E-state index contributed by atoms with van der Waals surface area (Å²) in [5, 5.41) is 12.3. The van der Waals surface area contributed by atoms with Gasteiger partial charge in [-0.2, -0.15) is 0 Å². The third-order valence-electron chi connectivity index (χ3n) is 3.02. The molecule has 2 rings (SSSR count). The number of hydrogen-bond donors (Lipinski definition) is 2. The highest BCUT2D eigenvalue weighted by atomic mass is 16.7. The second-order valence-electron chi connectivity index (χ2n) is 6.02. The van der Waals surface area contributed by atoms with Crippen LogP contribution in [0.2, 0.25) is 0 Å². The molecule has 0 bridgehead atoms. The van der Waals surface area contributed by atoms with Gasteiger partial charge >= 0.3 is 5.97 Å². The van der Waals surface area contributed by atoms with Crippen LogP contribution in [0.5, 0.6) is 17.2 Å². The molecule has 6 nitrogen and oxygen atoms in total. The molecule has 1 aromatic rings. The highest BCUT2D eigenvalue weighted by Crippen LogP contribution is 2.38. The van der Waals surface area contributed by atoms with Gasteiger partial charge in [-0.1, -0.05) is 0 Å². The maximum absolute atomic E-state index is 11.0. The van der Waals surface area contributed by atoms with Crippen LogP contribution in [0.1, 0.15) is 33.3 Å². The van der Waals surface area contributed by atoms with Gasteiger partial charge in [-0.25, -0.2) is 4.79 Å². The Balaban J connectivity index is 2.25. The Morgan fingerprint density at radius 1 is 1.38 bits per heavy atom. The number of ether oxygens (including phenoxy) is 3. The Morgan fingerprint density at radius 2 is 2.00 bits per heavy atom. The van der Waals surface area contributed by atoms with Gasteiger partial charge in [-0.15, -0.1) is 0 Å². The van der Waals surface area contributed by atoms with Crippen molar-refractivity contribution in [3.05, 3.63) is 17.7 Å². The van der Waals surface area contributed by atoms with Crippen LogP contribution in [-0.2, 0) is 11.3 Å². The van der Waals surface area contributed by atoms with Crippen molar-refractivity contribution in [1.29, 1.82) is 0 Å². The maximum Gasteiger partial charge on any atom is 0.344 e. The fraction of sp³-hybridized carbons (Fsp3) is 0.533. The summed E-state index contributed by atoms with van der Waals surface area (Å²) in [7, 11) is 0. The zero-order valence-corrected chi connectivity index (χ0v) is 12.7. The van der Waals surface area contributed by atoms with E-state index >= 15 is 0 Å². The van der Waals surface area contributed by atoms with E-state index < -0.39 is 12.1 Å². The van der Waals surface area contributed by atoms with Crippen molar-refractivity contribution in [2.24, 2.45) is 0 Å². The van der Waals surface area contributed by atoms with E-state index in [9.17, 15) is 4.79 Å². The normalized spacial score (nSPS) is 14.9. The summed E-state index contributed by atoms with van der Waals surface area (Å²) in [6, 6.07) is 3.51. The average molecular weight is 295 g/mol. The molecule has 0 spiro atoms. The third kappa shape index (κ3) is 4.01.